The summed E-state index contributed by atoms with van der Waals surface area (Å²) in [7, 11) is 0. The molecule has 0 fully saturated rings. The Bertz CT molecular complexity index is 286. The summed E-state index contributed by atoms with van der Waals surface area (Å²) in [6.07, 6.45) is -0.431. The summed E-state index contributed by atoms with van der Waals surface area (Å²) in [6, 6.07) is 0. The number of nitrogens with zero attached hydrogens (tertiary/aromatic N) is 2. The van der Waals surface area contributed by atoms with Crippen LogP contribution in [0.15, 0.2) is 4.99 Å². The Balaban J connectivity index is 0. The van der Waals surface area contributed by atoms with Crippen molar-refractivity contribution in [1.29, 1.82) is 0 Å². The monoisotopic (exact) mass is 386 g/mol. The Morgan fingerprint density at radius 1 is 1.32 bits per heavy atom. The molecular weight excluding hydrogens is 359 g/mol. The minimum Gasteiger partial charge on any atom is -0.444 e. The van der Waals surface area contributed by atoms with Crippen molar-refractivity contribution in [3.8, 4) is 0 Å². The zero-order valence-electron chi connectivity index (χ0n) is 12.5. The zero-order chi connectivity index (χ0) is 14.2. The van der Waals surface area contributed by atoms with Gasteiger partial charge in [-0.2, -0.15) is 0 Å². The third-order valence-electron chi connectivity index (χ3n) is 2.14. The van der Waals surface area contributed by atoms with Gasteiger partial charge in [0.1, 0.15) is 5.60 Å². The SMILES string of the molecule is CCN(CC)C(N)=NCCNC(=O)OC(C)(C)C.I. The first-order valence-corrected chi connectivity index (χ1v) is 6.31. The van der Waals surface area contributed by atoms with Gasteiger partial charge in [-0.15, -0.1) is 24.0 Å². The molecule has 3 N–H and O–H groups in total. The second-order valence-corrected chi connectivity index (χ2v) is 4.84. The largest absolute Gasteiger partial charge is 0.444 e. The quantitative estimate of drug-likeness (QED) is 0.327. The molecule has 114 valence electrons. The Labute approximate surface area is 133 Å². The Hall–Kier alpha value is -0.730. The number of hydrogen-bond acceptors (Lipinski definition) is 3. The molecule has 19 heavy (non-hydrogen) atoms. The van der Waals surface area contributed by atoms with Crippen molar-refractivity contribution in [3.63, 3.8) is 0 Å². The average Bonchev–Trinajstić information content (AvgIpc) is 2.23. The lowest BCUT2D eigenvalue weighted by Crippen LogP contribution is -2.38. The van der Waals surface area contributed by atoms with E-state index in [0.717, 1.165) is 13.1 Å². The molecule has 0 aliphatic heterocycles. The fourth-order valence-corrected chi connectivity index (χ4v) is 1.29. The van der Waals surface area contributed by atoms with Crippen LogP contribution in [0, 0.1) is 0 Å². The van der Waals surface area contributed by atoms with Gasteiger partial charge >= 0.3 is 6.09 Å². The maximum Gasteiger partial charge on any atom is 0.407 e. The molecule has 0 aliphatic rings. The smallest absolute Gasteiger partial charge is 0.407 e. The van der Waals surface area contributed by atoms with E-state index in [2.05, 4.69) is 10.3 Å². The van der Waals surface area contributed by atoms with Crippen LogP contribution >= 0.6 is 24.0 Å². The first kappa shape index (κ1) is 20.6. The molecule has 0 bridgehead atoms. The first-order valence-electron chi connectivity index (χ1n) is 6.31. The summed E-state index contributed by atoms with van der Waals surface area (Å²) < 4.78 is 5.09. The number of nitrogens with two attached hydrogens (primary N) is 1. The molecule has 0 aromatic rings. The number of guanidine groups is 1. The zero-order valence-corrected chi connectivity index (χ0v) is 14.9. The number of aliphatic imine (C=N–C) groups is 1. The van der Waals surface area contributed by atoms with E-state index in [1.807, 2.05) is 39.5 Å². The number of halogens is 1. The number of rotatable bonds is 5. The van der Waals surface area contributed by atoms with Gasteiger partial charge in [0.05, 0.1) is 6.54 Å². The number of alkyl carbamates (subject to hydrolysis) is 1. The van der Waals surface area contributed by atoms with Gasteiger partial charge in [0.15, 0.2) is 5.96 Å². The fourth-order valence-electron chi connectivity index (χ4n) is 1.29. The number of carbonyl (C=O) groups is 1. The minimum absolute atomic E-state index is 0. The summed E-state index contributed by atoms with van der Waals surface area (Å²) in [5.41, 5.74) is 5.31. The summed E-state index contributed by atoms with van der Waals surface area (Å²) in [5.74, 6) is 0.506. The van der Waals surface area contributed by atoms with E-state index < -0.39 is 11.7 Å². The van der Waals surface area contributed by atoms with Crippen molar-refractivity contribution in [2.45, 2.75) is 40.2 Å². The molecule has 0 aromatic carbocycles. The Morgan fingerprint density at radius 2 is 1.84 bits per heavy atom. The van der Waals surface area contributed by atoms with E-state index in [1.165, 1.54) is 0 Å². The predicted molar refractivity (Wildman–Crippen MR) is 89.1 cm³/mol. The van der Waals surface area contributed by atoms with Crippen molar-refractivity contribution in [3.05, 3.63) is 0 Å². The molecule has 1 amide bonds. The van der Waals surface area contributed by atoms with Crippen molar-refractivity contribution < 1.29 is 9.53 Å². The average molecular weight is 386 g/mol. The highest BCUT2D eigenvalue weighted by Gasteiger charge is 2.15. The van der Waals surface area contributed by atoms with Crippen LogP contribution in [0.1, 0.15) is 34.6 Å². The van der Waals surface area contributed by atoms with Crippen molar-refractivity contribution in [1.82, 2.24) is 10.2 Å². The van der Waals surface area contributed by atoms with Gasteiger partial charge in [-0.25, -0.2) is 4.79 Å². The van der Waals surface area contributed by atoms with Crippen molar-refractivity contribution >= 4 is 36.0 Å². The van der Waals surface area contributed by atoms with Crippen LogP contribution in [0.2, 0.25) is 0 Å². The van der Waals surface area contributed by atoms with Gasteiger partial charge in [-0.1, -0.05) is 0 Å². The molecule has 0 rings (SSSR count). The number of carbonyl (C=O) groups excluding carboxylic acids is 1. The molecule has 6 nitrogen and oxygen atoms in total. The summed E-state index contributed by atoms with van der Waals surface area (Å²) in [4.78, 5) is 17.5. The van der Waals surface area contributed by atoms with Gasteiger partial charge in [0.2, 0.25) is 0 Å². The second-order valence-electron chi connectivity index (χ2n) is 4.84. The molecule has 0 saturated heterocycles. The van der Waals surface area contributed by atoms with Gasteiger partial charge in [-0.3, -0.25) is 4.99 Å². The van der Waals surface area contributed by atoms with Crippen molar-refractivity contribution in [2.24, 2.45) is 10.7 Å². The third-order valence-corrected chi connectivity index (χ3v) is 2.14. The van der Waals surface area contributed by atoms with Crippen LogP contribution in [0.5, 0.6) is 0 Å². The number of amides is 1. The predicted octanol–water partition coefficient (Wildman–Crippen LogP) is 1.79. The molecule has 0 aliphatic carbocycles. The highest BCUT2D eigenvalue weighted by molar-refractivity contribution is 14.0. The van der Waals surface area contributed by atoms with Gasteiger partial charge < -0.3 is 20.7 Å². The number of ether oxygens (including phenoxy) is 1. The van der Waals surface area contributed by atoms with Crippen molar-refractivity contribution in [2.75, 3.05) is 26.2 Å². The van der Waals surface area contributed by atoms with Gasteiger partial charge in [0, 0.05) is 19.6 Å². The summed E-state index contributed by atoms with van der Waals surface area (Å²) in [6.45, 7) is 12.0. The van der Waals surface area contributed by atoms with Crippen LogP contribution in [0.25, 0.3) is 0 Å². The normalized spacial score (nSPS) is 11.5. The maximum absolute atomic E-state index is 11.3. The van der Waals surface area contributed by atoms with E-state index in [-0.39, 0.29) is 24.0 Å². The summed E-state index contributed by atoms with van der Waals surface area (Å²) >= 11 is 0. The van der Waals surface area contributed by atoms with Gasteiger partial charge in [0.25, 0.3) is 0 Å². The van der Waals surface area contributed by atoms with E-state index in [1.54, 1.807) is 0 Å². The standard InChI is InChI=1S/C12H26N4O2.HI/c1-6-16(7-2)10(13)14-8-9-15-11(17)18-12(3,4)5;/h6-9H2,1-5H3,(H2,13,14)(H,15,17);1H. The van der Waals surface area contributed by atoms with Crippen LogP contribution in [0.3, 0.4) is 0 Å². The van der Waals surface area contributed by atoms with E-state index in [4.69, 9.17) is 10.5 Å². The number of nitrogens with one attached hydrogen (secondary N) is 1. The maximum atomic E-state index is 11.3. The van der Waals surface area contributed by atoms with E-state index in [9.17, 15) is 4.79 Å². The number of hydrogen-bond donors (Lipinski definition) is 2. The molecule has 0 saturated carbocycles. The molecular formula is C12H27IN4O2. The molecule has 0 radical (unpaired) electrons. The van der Waals surface area contributed by atoms with Crippen LogP contribution in [-0.4, -0.2) is 48.7 Å². The van der Waals surface area contributed by atoms with Gasteiger partial charge in [-0.05, 0) is 34.6 Å². The molecule has 0 heterocycles. The topological polar surface area (TPSA) is 80.0 Å². The molecule has 0 unspecified atom stereocenters. The first-order chi connectivity index (χ1) is 8.30. The fraction of sp³-hybridized carbons (Fsp3) is 0.833. The van der Waals surface area contributed by atoms with E-state index >= 15 is 0 Å². The Morgan fingerprint density at radius 3 is 2.26 bits per heavy atom. The summed E-state index contributed by atoms with van der Waals surface area (Å²) in [5, 5.41) is 2.63. The molecule has 7 heteroatoms. The van der Waals surface area contributed by atoms with Crippen LogP contribution in [-0.2, 0) is 4.74 Å². The highest BCUT2D eigenvalue weighted by atomic mass is 127. The second kappa shape index (κ2) is 10.1. The third kappa shape index (κ3) is 10.8. The lowest BCUT2D eigenvalue weighted by Gasteiger charge is -2.20. The van der Waals surface area contributed by atoms with E-state index in [0.29, 0.717) is 19.0 Å². The molecule has 0 spiro atoms. The Kier molecular flexibility index (Phi) is 10.9. The highest BCUT2D eigenvalue weighted by Crippen LogP contribution is 2.05. The lowest BCUT2D eigenvalue weighted by molar-refractivity contribution is 0.0529. The lowest BCUT2D eigenvalue weighted by atomic mass is 10.2. The molecule has 0 atom stereocenters. The van der Waals surface area contributed by atoms with Crippen LogP contribution in [0.4, 0.5) is 4.79 Å². The molecule has 0 aromatic heterocycles. The minimum atomic E-state index is -0.479. The van der Waals surface area contributed by atoms with Crippen LogP contribution < -0.4 is 11.1 Å².